The number of piperidine rings is 1. The van der Waals surface area contributed by atoms with Crippen molar-refractivity contribution in [3.8, 4) is 0 Å². The molecular formula is C12H14ClN3O2. The molecule has 0 amide bonds. The highest BCUT2D eigenvalue weighted by molar-refractivity contribution is 6.64. The van der Waals surface area contributed by atoms with Crippen molar-refractivity contribution in [1.29, 1.82) is 0 Å². The first-order chi connectivity index (χ1) is 8.66. The maximum atomic E-state index is 10.5. The SMILES string of the molecule is O=[N+]([O-])c1ccc(N=C(Cl)N2CCCCC2)cc1. The Morgan fingerprint density at radius 2 is 1.83 bits per heavy atom. The number of hydrogen-bond donors (Lipinski definition) is 0. The molecule has 1 aromatic carbocycles. The van der Waals surface area contributed by atoms with Gasteiger partial charge in [-0.05, 0) is 43.0 Å². The Labute approximate surface area is 110 Å². The van der Waals surface area contributed by atoms with Gasteiger partial charge in [-0.1, -0.05) is 0 Å². The third kappa shape index (κ3) is 3.20. The number of likely N-dealkylation sites (tertiary alicyclic amines) is 1. The summed E-state index contributed by atoms with van der Waals surface area (Å²) in [5.74, 6) is 0. The molecule has 0 atom stereocenters. The fourth-order valence-corrected chi connectivity index (χ4v) is 2.17. The van der Waals surface area contributed by atoms with Crippen LogP contribution >= 0.6 is 11.6 Å². The molecule has 5 nitrogen and oxygen atoms in total. The molecule has 0 aromatic heterocycles. The van der Waals surface area contributed by atoms with Gasteiger partial charge in [0.1, 0.15) is 0 Å². The highest BCUT2D eigenvalue weighted by atomic mass is 35.5. The number of halogens is 1. The molecule has 96 valence electrons. The first-order valence-electron chi connectivity index (χ1n) is 5.90. The molecule has 1 fully saturated rings. The number of nitrogens with zero attached hydrogens (tertiary/aromatic N) is 3. The van der Waals surface area contributed by atoms with Gasteiger partial charge in [0.25, 0.3) is 5.69 Å². The molecule has 0 N–H and O–H groups in total. The largest absolute Gasteiger partial charge is 0.347 e. The highest BCUT2D eigenvalue weighted by Gasteiger charge is 2.13. The van der Waals surface area contributed by atoms with Crippen molar-refractivity contribution in [1.82, 2.24) is 4.90 Å². The Bertz CT molecular complexity index is 453. The summed E-state index contributed by atoms with van der Waals surface area (Å²) in [6.07, 6.45) is 3.50. The average molecular weight is 268 g/mol. The Kier molecular flexibility index (Phi) is 4.15. The predicted octanol–water partition coefficient (Wildman–Crippen LogP) is 3.31. The summed E-state index contributed by atoms with van der Waals surface area (Å²) in [6.45, 7) is 1.85. The van der Waals surface area contributed by atoms with E-state index >= 15 is 0 Å². The van der Waals surface area contributed by atoms with Crippen LogP contribution < -0.4 is 0 Å². The van der Waals surface area contributed by atoms with Crippen LogP contribution in [0, 0.1) is 10.1 Å². The molecule has 1 aromatic rings. The number of nitro groups is 1. The number of hydrogen-bond acceptors (Lipinski definition) is 3. The van der Waals surface area contributed by atoms with Crippen molar-refractivity contribution in [3.63, 3.8) is 0 Å². The van der Waals surface area contributed by atoms with Gasteiger partial charge in [-0.3, -0.25) is 10.1 Å². The van der Waals surface area contributed by atoms with E-state index in [9.17, 15) is 10.1 Å². The summed E-state index contributed by atoms with van der Waals surface area (Å²) < 4.78 is 0. The maximum Gasteiger partial charge on any atom is 0.269 e. The lowest BCUT2D eigenvalue weighted by molar-refractivity contribution is -0.384. The predicted molar refractivity (Wildman–Crippen MR) is 71.5 cm³/mol. The van der Waals surface area contributed by atoms with Gasteiger partial charge in [-0.2, -0.15) is 0 Å². The number of amidine groups is 1. The number of benzene rings is 1. The topological polar surface area (TPSA) is 58.7 Å². The van der Waals surface area contributed by atoms with E-state index in [2.05, 4.69) is 4.99 Å². The van der Waals surface area contributed by atoms with Crippen LogP contribution in [0.4, 0.5) is 11.4 Å². The molecule has 18 heavy (non-hydrogen) atoms. The minimum Gasteiger partial charge on any atom is -0.347 e. The second kappa shape index (κ2) is 5.82. The first kappa shape index (κ1) is 12.8. The molecule has 1 aliphatic heterocycles. The van der Waals surface area contributed by atoms with Crippen LogP contribution in [0.25, 0.3) is 0 Å². The summed E-state index contributed by atoms with van der Waals surface area (Å²) in [6, 6.07) is 6.06. The molecule has 2 rings (SSSR count). The molecule has 0 radical (unpaired) electrons. The van der Waals surface area contributed by atoms with Crippen LogP contribution in [-0.4, -0.2) is 28.2 Å². The average Bonchev–Trinajstić information content (AvgIpc) is 2.40. The van der Waals surface area contributed by atoms with Crippen molar-refractivity contribution in [3.05, 3.63) is 34.4 Å². The van der Waals surface area contributed by atoms with E-state index in [0.717, 1.165) is 25.9 Å². The second-order valence-electron chi connectivity index (χ2n) is 4.20. The molecule has 6 heteroatoms. The third-order valence-electron chi connectivity index (χ3n) is 2.90. The minimum absolute atomic E-state index is 0.0584. The molecule has 0 aliphatic carbocycles. The van der Waals surface area contributed by atoms with Crippen LogP contribution in [0.3, 0.4) is 0 Å². The van der Waals surface area contributed by atoms with E-state index in [1.165, 1.54) is 18.6 Å². The standard InChI is InChI=1S/C12H14ClN3O2/c13-12(15-8-2-1-3-9-15)14-10-4-6-11(7-5-10)16(17)18/h4-7H,1-3,8-9H2. The molecular weight excluding hydrogens is 254 g/mol. The van der Waals surface area contributed by atoms with Gasteiger partial charge >= 0.3 is 0 Å². The van der Waals surface area contributed by atoms with Crippen molar-refractivity contribution < 1.29 is 4.92 Å². The summed E-state index contributed by atoms with van der Waals surface area (Å²) in [5.41, 5.74) is 0.694. The van der Waals surface area contributed by atoms with Gasteiger partial charge in [0.05, 0.1) is 10.6 Å². The molecule has 1 saturated heterocycles. The first-order valence-corrected chi connectivity index (χ1v) is 6.28. The zero-order valence-electron chi connectivity index (χ0n) is 9.88. The molecule has 0 unspecified atom stereocenters. The number of nitro benzene ring substituents is 1. The Morgan fingerprint density at radius 1 is 1.22 bits per heavy atom. The minimum atomic E-state index is -0.431. The summed E-state index contributed by atoms with van der Waals surface area (Å²) in [7, 11) is 0. The zero-order chi connectivity index (χ0) is 13.0. The fraction of sp³-hybridized carbons (Fsp3) is 0.417. The van der Waals surface area contributed by atoms with Gasteiger partial charge < -0.3 is 4.90 Å². The van der Waals surface area contributed by atoms with Gasteiger partial charge in [0, 0.05) is 25.2 Å². The number of rotatable bonds is 2. The van der Waals surface area contributed by atoms with E-state index in [-0.39, 0.29) is 5.69 Å². The molecule has 1 heterocycles. The Balaban J connectivity index is 2.08. The molecule has 0 spiro atoms. The van der Waals surface area contributed by atoms with Gasteiger partial charge in [0.2, 0.25) is 0 Å². The van der Waals surface area contributed by atoms with Crippen molar-refractivity contribution in [2.75, 3.05) is 13.1 Å². The van der Waals surface area contributed by atoms with E-state index < -0.39 is 4.92 Å². The summed E-state index contributed by atoms with van der Waals surface area (Å²) >= 11 is 6.14. The van der Waals surface area contributed by atoms with E-state index in [4.69, 9.17) is 11.6 Å². The van der Waals surface area contributed by atoms with Crippen LogP contribution in [0.2, 0.25) is 0 Å². The Hall–Kier alpha value is -1.62. The van der Waals surface area contributed by atoms with Crippen molar-refractivity contribution in [2.45, 2.75) is 19.3 Å². The van der Waals surface area contributed by atoms with Gasteiger partial charge in [0.15, 0.2) is 5.29 Å². The van der Waals surface area contributed by atoms with Crippen LogP contribution in [0.1, 0.15) is 19.3 Å². The monoisotopic (exact) mass is 267 g/mol. The zero-order valence-corrected chi connectivity index (χ0v) is 10.6. The van der Waals surface area contributed by atoms with Crippen LogP contribution in [-0.2, 0) is 0 Å². The fourth-order valence-electron chi connectivity index (χ4n) is 1.90. The van der Waals surface area contributed by atoms with E-state index in [1.807, 2.05) is 4.90 Å². The molecule has 1 aliphatic rings. The highest BCUT2D eigenvalue weighted by Crippen LogP contribution is 2.20. The number of aliphatic imine (C=N–C) groups is 1. The normalized spacial score (nSPS) is 16.7. The van der Waals surface area contributed by atoms with Crippen LogP contribution in [0.5, 0.6) is 0 Å². The van der Waals surface area contributed by atoms with Crippen molar-refractivity contribution >= 4 is 28.3 Å². The smallest absolute Gasteiger partial charge is 0.269 e. The number of non-ortho nitro benzene ring substituents is 1. The van der Waals surface area contributed by atoms with Gasteiger partial charge in [-0.25, -0.2) is 4.99 Å². The molecule has 0 bridgehead atoms. The molecule has 0 saturated carbocycles. The van der Waals surface area contributed by atoms with E-state index in [1.54, 1.807) is 12.1 Å². The lowest BCUT2D eigenvalue weighted by Gasteiger charge is -2.26. The summed E-state index contributed by atoms with van der Waals surface area (Å²) in [5, 5.41) is 11.0. The van der Waals surface area contributed by atoms with Crippen LogP contribution in [0.15, 0.2) is 29.3 Å². The third-order valence-corrected chi connectivity index (χ3v) is 3.22. The summed E-state index contributed by atoms with van der Waals surface area (Å²) in [4.78, 5) is 16.4. The lowest BCUT2D eigenvalue weighted by atomic mass is 10.1. The van der Waals surface area contributed by atoms with E-state index in [0.29, 0.717) is 11.0 Å². The van der Waals surface area contributed by atoms with Gasteiger partial charge in [-0.15, -0.1) is 0 Å². The Morgan fingerprint density at radius 3 is 2.39 bits per heavy atom. The maximum absolute atomic E-state index is 10.5. The quantitative estimate of drug-likeness (QED) is 0.272. The van der Waals surface area contributed by atoms with Crippen molar-refractivity contribution in [2.24, 2.45) is 4.99 Å². The lowest BCUT2D eigenvalue weighted by Crippen LogP contribution is -2.32. The second-order valence-corrected chi connectivity index (χ2v) is 4.54.